The van der Waals surface area contributed by atoms with Crippen LogP contribution in [-0.4, -0.2) is 5.91 Å². The Bertz CT molecular complexity index is 402. The minimum Gasteiger partial charge on any atom is -0.324 e. The van der Waals surface area contributed by atoms with Crippen molar-refractivity contribution in [1.82, 2.24) is 0 Å². The van der Waals surface area contributed by atoms with Crippen LogP contribution in [0, 0.1) is 11.7 Å². The molecule has 1 aromatic carbocycles. The molecule has 0 radical (unpaired) electrons. The SMILES string of the molecule is CCCC(C)C(=O)Nc1c(Cl)cc(F)cc1Br. The lowest BCUT2D eigenvalue weighted by molar-refractivity contribution is -0.119. The molecule has 17 heavy (non-hydrogen) atoms. The van der Waals surface area contributed by atoms with Crippen LogP contribution in [0.1, 0.15) is 26.7 Å². The molecule has 94 valence electrons. The first kappa shape index (κ1) is 14.5. The number of hydrogen-bond donors (Lipinski definition) is 1. The molecule has 0 spiro atoms. The topological polar surface area (TPSA) is 29.1 Å². The number of hydrogen-bond acceptors (Lipinski definition) is 1. The number of rotatable bonds is 4. The third kappa shape index (κ3) is 3.96. The van der Waals surface area contributed by atoms with Gasteiger partial charge >= 0.3 is 0 Å². The first-order valence-corrected chi connectivity index (χ1v) is 6.58. The van der Waals surface area contributed by atoms with Crippen molar-refractivity contribution in [1.29, 1.82) is 0 Å². The molecule has 1 atom stereocenters. The molecule has 1 unspecified atom stereocenters. The lowest BCUT2D eigenvalue weighted by atomic mass is 10.1. The Balaban J connectivity index is 2.85. The van der Waals surface area contributed by atoms with Crippen LogP contribution < -0.4 is 5.32 Å². The maximum absolute atomic E-state index is 13.0. The van der Waals surface area contributed by atoms with Gasteiger partial charge in [-0.2, -0.15) is 0 Å². The molecule has 1 aromatic rings. The summed E-state index contributed by atoms with van der Waals surface area (Å²) in [7, 11) is 0. The number of carbonyl (C=O) groups excluding carboxylic acids is 1. The Morgan fingerprint density at radius 3 is 2.76 bits per heavy atom. The van der Waals surface area contributed by atoms with E-state index in [1.54, 1.807) is 0 Å². The Labute approximate surface area is 114 Å². The fourth-order valence-electron chi connectivity index (χ4n) is 1.47. The van der Waals surface area contributed by atoms with Gasteiger partial charge in [0.1, 0.15) is 5.82 Å². The highest BCUT2D eigenvalue weighted by molar-refractivity contribution is 9.10. The van der Waals surface area contributed by atoms with Crippen molar-refractivity contribution in [3.05, 3.63) is 27.4 Å². The smallest absolute Gasteiger partial charge is 0.227 e. The summed E-state index contributed by atoms with van der Waals surface area (Å²) in [6, 6.07) is 2.44. The van der Waals surface area contributed by atoms with Crippen molar-refractivity contribution in [2.75, 3.05) is 5.32 Å². The zero-order valence-corrected chi connectivity index (χ0v) is 12.0. The van der Waals surface area contributed by atoms with Crippen LogP contribution in [0.4, 0.5) is 10.1 Å². The molecule has 0 aliphatic rings. The second-order valence-corrected chi connectivity index (χ2v) is 5.18. The second kappa shape index (κ2) is 6.36. The zero-order chi connectivity index (χ0) is 13.0. The van der Waals surface area contributed by atoms with Crippen molar-refractivity contribution in [2.45, 2.75) is 26.7 Å². The molecule has 0 saturated heterocycles. The molecular formula is C12H14BrClFNO. The van der Waals surface area contributed by atoms with E-state index in [4.69, 9.17) is 11.6 Å². The van der Waals surface area contributed by atoms with E-state index < -0.39 is 5.82 Å². The van der Waals surface area contributed by atoms with E-state index >= 15 is 0 Å². The van der Waals surface area contributed by atoms with E-state index in [1.165, 1.54) is 12.1 Å². The summed E-state index contributed by atoms with van der Waals surface area (Å²) < 4.78 is 13.4. The first-order chi connectivity index (χ1) is 7.95. The van der Waals surface area contributed by atoms with E-state index in [-0.39, 0.29) is 16.8 Å². The summed E-state index contributed by atoms with van der Waals surface area (Å²) >= 11 is 9.05. The summed E-state index contributed by atoms with van der Waals surface area (Å²) in [4.78, 5) is 11.8. The molecule has 5 heteroatoms. The van der Waals surface area contributed by atoms with Gasteiger partial charge in [-0.3, -0.25) is 4.79 Å². The number of benzene rings is 1. The predicted molar refractivity (Wildman–Crippen MR) is 71.8 cm³/mol. The van der Waals surface area contributed by atoms with Crippen LogP contribution >= 0.6 is 27.5 Å². The number of amides is 1. The Morgan fingerprint density at radius 2 is 2.24 bits per heavy atom. The minimum absolute atomic E-state index is 0.0898. The van der Waals surface area contributed by atoms with E-state index in [1.807, 2.05) is 13.8 Å². The van der Waals surface area contributed by atoms with Crippen molar-refractivity contribution in [3.63, 3.8) is 0 Å². The van der Waals surface area contributed by atoms with Gasteiger partial charge in [-0.15, -0.1) is 0 Å². The summed E-state index contributed by atoms with van der Waals surface area (Å²) in [5.74, 6) is -0.643. The molecule has 0 saturated carbocycles. The molecule has 0 aromatic heterocycles. The van der Waals surface area contributed by atoms with Gasteiger partial charge in [0, 0.05) is 10.4 Å². The second-order valence-electron chi connectivity index (χ2n) is 3.92. The van der Waals surface area contributed by atoms with E-state index in [2.05, 4.69) is 21.2 Å². The van der Waals surface area contributed by atoms with Gasteiger partial charge in [-0.25, -0.2) is 4.39 Å². The molecule has 2 nitrogen and oxygen atoms in total. The van der Waals surface area contributed by atoms with E-state index in [9.17, 15) is 9.18 Å². The molecule has 1 N–H and O–H groups in total. The molecular weight excluding hydrogens is 308 g/mol. The fraction of sp³-hybridized carbons (Fsp3) is 0.417. The standard InChI is InChI=1S/C12H14BrClFNO/c1-3-4-7(2)12(17)16-11-9(13)5-8(15)6-10(11)14/h5-7H,3-4H2,1-2H3,(H,16,17). The van der Waals surface area contributed by atoms with Gasteiger partial charge in [0.05, 0.1) is 10.7 Å². The van der Waals surface area contributed by atoms with Gasteiger partial charge in [-0.1, -0.05) is 31.9 Å². The third-order valence-corrected chi connectivity index (χ3v) is 3.35. The number of anilines is 1. The van der Waals surface area contributed by atoms with Crippen molar-refractivity contribution < 1.29 is 9.18 Å². The van der Waals surface area contributed by atoms with Gasteiger partial charge < -0.3 is 5.32 Å². The van der Waals surface area contributed by atoms with Crippen LogP contribution in [0.5, 0.6) is 0 Å². The molecule has 1 amide bonds. The van der Waals surface area contributed by atoms with Crippen molar-refractivity contribution in [2.24, 2.45) is 5.92 Å². The lowest BCUT2D eigenvalue weighted by Crippen LogP contribution is -2.20. The fourth-order valence-corrected chi connectivity index (χ4v) is 2.37. The maximum Gasteiger partial charge on any atom is 0.227 e. The monoisotopic (exact) mass is 321 g/mol. The summed E-state index contributed by atoms with van der Waals surface area (Å²) in [5, 5.41) is 2.89. The van der Waals surface area contributed by atoms with Gasteiger partial charge in [0.15, 0.2) is 0 Å². The average molecular weight is 323 g/mol. The highest BCUT2D eigenvalue weighted by atomic mass is 79.9. The molecule has 0 aliphatic carbocycles. The largest absolute Gasteiger partial charge is 0.324 e. The Kier molecular flexibility index (Phi) is 5.40. The average Bonchev–Trinajstić information content (AvgIpc) is 2.23. The first-order valence-electron chi connectivity index (χ1n) is 5.41. The maximum atomic E-state index is 13.0. The third-order valence-electron chi connectivity index (χ3n) is 2.42. The zero-order valence-electron chi connectivity index (χ0n) is 9.69. The Morgan fingerprint density at radius 1 is 1.59 bits per heavy atom. The normalized spacial score (nSPS) is 12.3. The van der Waals surface area contributed by atoms with Gasteiger partial charge in [0.25, 0.3) is 0 Å². The van der Waals surface area contributed by atoms with E-state index in [0.717, 1.165) is 12.8 Å². The number of carbonyl (C=O) groups is 1. The summed E-state index contributed by atoms with van der Waals surface area (Å²) in [6.45, 7) is 3.87. The molecule has 0 fully saturated rings. The van der Waals surface area contributed by atoms with Crippen LogP contribution in [0.2, 0.25) is 5.02 Å². The van der Waals surface area contributed by atoms with Crippen LogP contribution in [0.15, 0.2) is 16.6 Å². The van der Waals surface area contributed by atoms with Crippen LogP contribution in [0.25, 0.3) is 0 Å². The summed E-state index contributed by atoms with van der Waals surface area (Å²) in [6.07, 6.45) is 1.75. The quantitative estimate of drug-likeness (QED) is 0.861. The lowest BCUT2D eigenvalue weighted by Gasteiger charge is -2.13. The van der Waals surface area contributed by atoms with Gasteiger partial charge in [-0.05, 0) is 34.5 Å². The minimum atomic E-state index is -0.443. The summed E-state index contributed by atoms with van der Waals surface area (Å²) in [5.41, 5.74) is 0.418. The Hall–Kier alpha value is -0.610. The highest BCUT2D eigenvalue weighted by Gasteiger charge is 2.15. The predicted octanol–water partition coefficient (Wildman–Crippen LogP) is 4.62. The molecule has 0 aliphatic heterocycles. The number of halogens is 3. The van der Waals surface area contributed by atoms with Crippen molar-refractivity contribution >= 4 is 39.1 Å². The number of nitrogens with one attached hydrogen (secondary N) is 1. The molecule has 0 bridgehead atoms. The molecule has 0 heterocycles. The van der Waals surface area contributed by atoms with Crippen molar-refractivity contribution in [3.8, 4) is 0 Å². The van der Waals surface area contributed by atoms with E-state index in [0.29, 0.717) is 10.2 Å². The highest BCUT2D eigenvalue weighted by Crippen LogP contribution is 2.32. The van der Waals surface area contributed by atoms with Gasteiger partial charge in [0.2, 0.25) is 5.91 Å². The van der Waals surface area contributed by atoms with Crippen LogP contribution in [-0.2, 0) is 4.79 Å². The molecule has 1 rings (SSSR count). The van der Waals surface area contributed by atoms with Crippen LogP contribution in [0.3, 0.4) is 0 Å².